The molecular weight excluding hydrogens is 164 g/mol. The fraction of sp³-hybridized carbons (Fsp3) is 0.545. The Morgan fingerprint density at radius 1 is 1.17 bits per heavy atom. The minimum Gasteiger partial charge on any atom is -0.0884 e. The van der Waals surface area contributed by atoms with Crippen molar-refractivity contribution in [2.45, 2.75) is 40.5 Å². The van der Waals surface area contributed by atoms with E-state index in [1.54, 1.807) is 5.37 Å². The minimum absolute atomic E-state index is 1.18. The third-order valence-electron chi connectivity index (χ3n) is 1.91. The summed E-state index contributed by atoms with van der Waals surface area (Å²) in [6, 6.07) is 0. The fourth-order valence-electron chi connectivity index (χ4n) is 1.04. The van der Waals surface area contributed by atoms with E-state index >= 15 is 0 Å². The zero-order chi connectivity index (χ0) is 9.56. The van der Waals surface area contributed by atoms with Crippen molar-refractivity contribution in [1.82, 2.24) is 0 Å². The summed E-state index contributed by atoms with van der Waals surface area (Å²) in [6.45, 7) is 8.53. The molecule has 1 heteroatoms. The lowest BCUT2D eigenvalue weighted by Crippen LogP contribution is -1.83. The Balaban J connectivity index is 4.41. The quantitative estimate of drug-likeness (QED) is 0.359. The third-order valence-corrected chi connectivity index (χ3v) is 2.26. The van der Waals surface area contributed by atoms with Gasteiger partial charge in [0.1, 0.15) is 0 Å². The summed E-state index contributed by atoms with van der Waals surface area (Å²) >= 11 is 4.86. The SMILES string of the molecule is CCC/C(C)=C\C(C)=C(\C)C=S. The number of hydrogen-bond donors (Lipinski definition) is 0. The molecule has 0 N–H and O–H groups in total. The van der Waals surface area contributed by atoms with Crippen molar-refractivity contribution in [3.8, 4) is 0 Å². The Kier molecular flexibility index (Phi) is 5.91. The smallest absolute Gasteiger partial charge is 0.00454 e. The van der Waals surface area contributed by atoms with Gasteiger partial charge in [-0.3, -0.25) is 0 Å². The first-order chi connectivity index (χ1) is 5.61. The van der Waals surface area contributed by atoms with Crippen LogP contribution in [0.3, 0.4) is 0 Å². The molecule has 0 aliphatic carbocycles. The second kappa shape index (κ2) is 6.13. The largest absolute Gasteiger partial charge is 0.0884 e. The van der Waals surface area contributed by atoms with Crippen molar-refractivity contribution >= 4 is 17.6 Å². The van der Waals surface area contributed by atoms with Crippen LogP contribution in [0.2, 0.25) is 0 Å². The Hall–Kier alpha value is -0.430. The zero-order valence-corrected chi connectivity index (χ0v) is 9.29. The number of thiocarbonyl (C=S) groups is 1. The van der Waals surface area contributed by atoms with Crippen molar-refractivity contribution in [2.75, 3.05) is 0 Å². The zero-order valence-electron chi connectivity index (χ0n) is 8.48. The lowest BCUT2D eigenvalue weighted by atomic mass is 10.1. The van der Waals surface area contributed by atoms with Crippen LogP contribution >= 0.6 is 12.2 Å². The van der Waals surface area contributed by atoms with Crippen LogP contribution in [0.4, 0.5) is 0 Å². The van der Waals surface area contributed by atoms with Gasteiger partial charge in [-0.05, 0) is 38.3 Å². The van der Waals surface area contributed by atoms with E-state index in [-0.39, 0.29) is 0 Å². The first-order valence-electron chi connectivity index (χ1n) is 4.41. The van der Waals surface area contributed by atoms with Gasteiger partial charge in [0.2, 0.25) is 0 Å². The van der Waals surface area contributed by atoms with Crippen molar-refractivity contribution in [2.24, 2.45) is 0 Å². The van der Waals surface area contributed by atoms with Gasteiger partial charge in [-0.15, -0.1) is 0 Å². The maximum absolute atomic E-state index is 4.86. The van der Waals surface area contributed by atoms with Gasteiger partial charge in [-0.1, -0.05) is 37.2 Å². The molecule has 0 rings (SSSR count). The summed E-state index contributed by atoms with van der Waals surface area (Å²) < 4.78 is 0. The lowest BCUT2D eigenvalue weighted by Gasteiger charge is -2.00. The van der Waals surface area contributed by atoms with E-state index in [0.29, 0.717) is 0 Å². The summed E-state index contributed by atoms with van der Waals surface area (Å²) in [5.41, 5.74) is 3.92. The summed E-state index contributed by atoms with van der Waals surface area (Å²) in [4.78, 5) is 0. The molecule has 0 aliphatic rings. The maximum atomic E-state index is 4.86. The molecule has 68 valence electrons. The fourth-order valence-corrected chi connectivity index (χ4v) is 1.23. The lowest BCUT2D eigenvalue weighted by molar-refractivity contribution is 0.903. The van der Waals surface area contributed by atoms with Crippen LogP contribution in [0.15, 0.2) is 22.8 Å². The highest BCUT2D eigenvalue weighted by Crippen LogP contribution is 2.10. The van der Waals surface area contributed by atoms with Gasteiger partial charge in [0.05, 0.1) is 0 Å². The molecule has 0 spiro atoms. The highest BCUT2D eigenvalue weighted by Gasteiger charge is 1.91. The molecule has 12 heavy (non-hydrogen) atoms. The molecule has 0 heterocycles. The number of rotatable bonds is 4. The van der Waals surface area contributed by atoms with Crippen molar-refractivity contribution in [3.63, 3.8) is 0 Å². The van der Waals surface area contributed by atoms with Gasteiger partial charge >= 0.3 is 0 Å². The van der Waals surface area contributed by atoms with Gasteiger partial charge in [-0.25, -0.2) is 0 Å². The Morgan fingerprint density at radius 3 is 2.17 bits per heavy atom. The van der Waals surface area contributed by atoms with Crippen molar-refractivity contribution in [3.05, 3.63) is 22.8 Å². The molecule has 0 aromatic rings. The van der Waals surface area contributed by atoms with E-state index in [9.17, 15) is 0 Å². The first kappa shape index (κ1) is 11.6. The molecule has 0 nitrogen and oxygen atoms in total. The molecule has 0 atom stereocenters. The Labute approximate surface area is 81.4 Å². The summed E-state index contributed by atoms with van der Waals surface area (Å²) in [5, 5.41) is 1.74. The van der Waals surface area contributed by atoms with Gasteiger partial charge in [0, 0.05) is 5.37 Å². The molecule has 0 aromatic heterocycles. The summed E-state index contributed by atoms with van der Waals surface area (Å²) in [5.74, 6) is 0. The number of hydrogen-bond acceptors (Lipinski definition) is 1. The first-order valence-corrected chi connectivity index (χ1v) is 4.88. The van der Waals surface area contributed by atoms with E-state index in [0.717, 1.165) is 0 Å². The van der Waals surface area contributed by atoms with E-state index in [1.165, 1.54) is 29.6 Å². The molecule has 0 aromatic carbocycles. The van der Waals surface area contributed by atoms with Crippen LogP contribution in [-0.4, -0.2) is 5.37 Å². The van der Waals surface area contributed by atoms with Crippen LogP contribution in [0.25, 0.3) is 0 Å². The van der Waals surface area contributed by atoms with Gasteiger partial charge in [0.15, 0.2) is 0 Å². The van der Waals surface area contributed by atoms with Crippen LogP contribution in [0.1, 0.15) is 40.5 Å². The van der Waals surface area contributed by atoms with E-state index in [1.807, 2.05) is 0 Å². The predicted molar refractivity (Wildman–Crippen MR) is 60.7 cm³/mol. The molecule has 0 aliphatic heterocycles. The number of allylic oxidation sites excluding steroid dienone is 4. The van der Waals surface area contributed by atoms with Crippen LogP contribution in [0.5, 0.6) is 0 Å². The van der Waals surface area contributed by atoms with Gasteiger partial charge in [-0.2, -0.15) is 0 Å². The standard InChI is InChI=1S/C11H18S/c1-5-6-9(2)7-10(3)11(4)8-12/h7-8H,5-6H2,1-4H3/b9-7-,11-10-. The maximum Gasteiger partial charge on any atom is 0.00454 e. The average molecular weight is 182 g/mol. The molecule has 0 saturated heterocycles. The molecule has 0 fully saturated rings. The Morgan fingerprint density at radius 2 is 1.75 bits per heavy atom. The van der Waals surface area contributed by atoms with Crippen LogP contribution < -0.4 is 0 Å². The Bertz CT molecular complexity index is 209. The van der Waals surface area contributed by atoms with E-state index < -0.39 is 0 Å². The molecule has 0 amide bonds. The van der Waals surface area contributed by atoms with Crippen molar-refractivity contribution < 1.29 is 0 Å². The normalized spacial score (nSPS) is 14.2. The van der Waals surface area contributed by atoms with E-state index in [4.69, 9.17) is 12.2 Å². The van der Waals surface area contributed by atoms with Gasteiger partial charge in [0.25, 0.3) is 0 Å². The predicted octanol–water partition coefficient (Wildman–Crippen LogP) is 4.07. The van der Waals surface area contributed by atoms with Crippen LogP contribution in [0, 0.1) is 0 Å². The molecule has 0 saturated carbocycles. The molecule has 0 bridgehead atoms. The molecule has 0 unspecified atom stereocenters. The van der Waals surface area contributed by atoms with Crippen molar-refractivity contribution in [1.29, 1.82) is 0 Å². The summed E-state index contributed by atoms with van der Waals surface area (Å²) in [6.07, 6.45) is 4.62. The van der Waals surface area contributed by atoms with E-state index in [2.05, 4.69) is 33.8 Å². The molecule has 0 radical (unpaired) electrons. The van der Waals surface area contributed by atoms with Gasteiger partial charge < -0.3 is 0 Å². The minimum atomic E-state index is 1.18. The highest BCUT2D eigenvalue weighted by atomic mass is 32.1. The van der Waals surface area contributed by atoms with Crippen LogP contribution in [-0.2, 0) is 0 Å². The second-order valence-corrected chi connectivity index (χ2v) is 3.46. The summed E-state index contributed by atoms with van der Waals surface area (Å²) in [7, 11) is 0. The molecular formula is C11H18S. The average Bonchev–Trinajstić information content (AvgIpc) is 2.03. The topological polar surface area (TPSA) is 0 Å². The third kappa shape index (κ3) is 4.45. The second-order valence-electron chi connectivity index (χ2n) is 3.22. The monoisotopic (exact) mass is 182 g/mol. The highest BCUT2D eigenvalue weighted by molar-refractivity contribution is 7.79.